The lowest BCUT2D eigenvalue weighted by molar-refractivity contribution is 0.0414. The number of benzene rings is 2. The van der Waals surface area contributed by atoms with Gasteiger partial charge in [0.1, 0.15) is 5.75 Å². The summed E-state index contributed by atoms with van der Waals surface area (Å²) in [6, 6.07) is 12.2. The van der Waals surface area contributed by atoms with Gasteiger partial charge in [-0.2, -0.15) is 0 Å². The molecule has 0 aliphatic heterocycles. The number of nitrogens with two attached hydrogens (primary N) is 1. The highest BCUT2D eigenvalue weighted by atomic mass is 32.2. The van der Waals surface area contributed by atoms with Crippen molar-refractivity contribution in [1.82, 2.24) is 5.32 Å². The Morgan fingerprint density at radius 1 is 1.12 bits per heavy atom. The minimum absolute atomic E-state index is 0.176. The number of rotatable bonds is 6. The lowest BCUT2D eigenvalue weighted by Gasteiger charge is -2.51. The molecule has 0 spiro atoms. The van der Waals surface area contributed by atoms with E-state index >= 15 is 0 Å². The summed E-state index contributed by atoms with van der Waals surface area (Å²) in [5.74, 6) is 3.30. The number of ether oxygens (including phenoxy) is 1. The van der Waals surface area contributed by atoms with Crippen molar-refractivity contribution in [2.45, 2.75) is 75.6 Å². The zero-order valence-electron chi connectivity index (χ0n) is 20.6. The Kier molecular flexibility index (Phi) is 6.28. The molecular formula is C28H38N2O3S. The topological polar surface area (TPSA) is 81.4 Å². The summed E-state index contributed by atoms with van der Waals surface area (Å²) in [4.78, 5) is 0.176. The summed E-state index contributed by atoms with van der Waals surface area (Å²) in [7, 11) is -1.86. The standard InChI is InChI=1S/C28H38N2O3S/c1-18-16-24-20(17-26(18)33-3)6-9-23-22(24)12-14-28(2)25(23)10-11-27(28)30-15-13-19-4-7-21(8-5-19)34(29,31)32/h4-5,7-8,16-17,22-23,25,27,30H,6,9-15H2,1-3H3,(H2,29,31,32)/t22-,23+,25-,27-,28-/m0/s1. The highest BCUT2D eigenvalue weighted by Gasteiger charge is 2.54. The van der Waals surface area contributed by atoms with Gasteiger partial charge in [0, 0.05) is 6.04 Å². The Morgan fingerprint density at radius 2 is 1.88 bits per heavy atom. The molecule has 0 aromatic heterocycles. The number of sulfonamides is 1. The number of fused-ring (bicyclic) bond motifs is 5. The molecule has 0 radical (unpaired) electrons. The number of aryl methyl sites for hydroxylation is 2. The van der Waals surface area contributed by atoms with Crippen molar-refractivity contribution in [3.8, 4) is 5.75 Å². The molecule has 5 nitrogen and oxygen atoms in total. The Balaban J connectivity index is 1.24. The zero-order chi connectivity index (χ0) is 24.1. The van der Waals surface area contributed by atoms with Gasteiger partial charge in [0.05, 0.1) is 12.0 Å². The van der Waals surface area contributed by atoms with Crippen LogP contribution >= 0.6 is 0 Å². The third-order valence-electron chi connectivity index (χ3n) is 9.30. The van der Waals surface area contributed by atoms with Gasteiger partial charge in [-0.1, -0.05) is 25.1 Å². The Hall–Kier alpha value is -1.89. The fourth-order valence-corrected chi connectivity index (χ4v) is 8.02. The van der Waals surface area contributed by atoms with Crippen LogP contribution in [0.15, 0.2) is 41.3 Å². The molecule has 0 amide bonds. The second kappa shape index (κ2) is 8.96. The van der Waals surface area contributed by atoms with Crippen LogP contribution in [0.4, 0.5) is 0 Å². The van der Waals surface area contributed by atoms with Crippen molar-refractivity contribution in [2.24, 2.45) is 22.4 Å². The minimum atomic E-state index is -3.63. The van der Waals surface area contributed by atoms with Gasteiger partial charge in [0.25, 0.3) is 0 Å². The molecule has 3 N–H and O–H groups in total. The average molecular weight is 483 g/mol. The van der Waals surface area contributed by atoms with Gasteiger partial charge in [-0.25, -0.2) is 13.6 Å². The second-order valence-corrected chi connectivity index (χ2v) is 12.6. The lowest BCUT2D eigenvalue weighted by Crippen LogP contribution is -2.49. The summed E-state index contributed by atoms with van der Waals surface area (Å²) in [5, 5.41) is 9.11. The highest BCUT2D eigenvalue weighted by Crippen LogP contribution is 2.61. The molecule has 2 saturated carbocycles. The fourth-order valence-electron chi connectivity index (χ4n) is 7.50. The third-order valence-corrected chi connectivity index (χ3v) is 10.2. The molecule has 3 aliphatic carbocycles. The maximum atomic E-state index is 11.5. The van der Waals surface area contributed by atoms with Gasteiger partial charge in [-0.3, -0.25) is 0 Å². The van der Waals surface area contributed by atoms with E-state index in [0.29, 0.717) is 17.4 Å². The molecule has 6 heteroatoms. The molecular weight excluding hydrogens is 444 g/mol. The van der Waals surface area contributed by atoms with Crippen molar-refractivity contribution >= 4 is 10.0 Å². The molecule has 2 aromatic carbocycles. The van der Waals surface area contributed by atoms with Crippen LogP contribution in [0.2, 0.25) is 0 Å². The molecule has 184 valence electrons. The van der Waals surface area contributed by atoms with Crippen LogP contribution in [0.3, 0.4) is 0 Å². The molecule has 0 bridgehead atoms. The molecule has 34 heavy (non-hydrogen) atoms. The van der Waals surface area contributed by atoms with Crippen LogP contribution in [-0.2, 0) is 22.9 Å². The number of primary sulfonamides is 1. The monoisotopic (exact) mass is 482 g/mol. The smallest absolute Gasteiger partial charge is 0.238 e. The lowest BCUT2D eigenvalue weighted by atomic mass is 9.55. The van der Waals surface area contributed by atoms with Crippen molar-refractivity contribution in [1.29, 1.82) is 0 Å². The number of methoxy groups -OCH3 is 1. The molecule has 0 unspecified atom stereocenters. The first-order chi connectivity index (χ1) is 16.2. The van der Waals surface area contributed by atoms with Crippen LogP contribution in [-0.4, -0.2) is 28.1 Å². The normalized spacial score (nSPS) is 30.4. The first-order valence-electron chi connectivity index (χ1n) is 12.7. The third kappa shape index (κ3) is 4.18. The van der Waals surface area contributed by atoms with E-state index in [2.05, 4.69) is 31.3 Å². The molecule has 2 fully saturated rings. The minimum Gasteiger partial charge on any atom is -0.496 e. The van der Waals surface area contributed by atoms with Gasteiger partial charge in [-0.15, -0.1) is 0 Å². The molecule has 5 rings (SSSR count). The number of hydrogen-bond acceptors (Lipinski definition) is 4. The molecule has 0 heterocycles. The van der Waals surface area contributed by atoms with E-state index in [9.17, 15) is 8.42 Å². The first-order valence-corrected chi connectivity index (χ1v) is 14.3. The summed E-state index contributed by atoms with van der Waals surface area (Å²) < 4.78 is 28.5. The molecule has 2 aromatic rings. The Labute approximate surface area is 204 Å². The van der Waals surface area contributed by atoms with Gasteiger partial charge >= 0.3 is 0 Å². The van der Waals surface area contributed by atoms with E-state index in [1.165, 1.54) is 49.7 Å². The number of hydrogen-bond donors (Lipinski definition) is 2. The van der Waals surface area contributed by atoms with Gasteiger partial charge in [0.2, 0.25) is 10.0 Å². The van der Waals surface area contributed by atoms with Gasteiger partial charge < -0.3 is 10.1 Å². The van der Waals surface area contributed by atoms with E-state index < -0.39 is 10.0 Å². The molecule has 3 aliphatic rings. The summed E-state index contributed by atoms with van der Waals surface area (Å²) >= 11 is 0. The average Bonchev–Trinajstić information content (AvgIpc) is 3.14. The van der Waals surface area contributed by atoms with E-state index in [-0.39, 0.29) is 4.90 Å². The van der Waals surface area contributed by atoms with Crippen molar-refractivity contribution in [3.63, 3.8) is 0 Å². The van der Waals surface area contributed by atoms with Crippen LogP contribution < -0.4 is 15.2 Å². The highest BCUT2D eigenvalue weighted by molar-refractivity contribution is 7.89. The van der Waals surface area contributed by atoms with Crippen LogP contribution in [0.5, 0.6) is 5.75 Å². The van der Waals surface area contributed by atoms with Crippen molar-refractivity contribution < 1.29 is 13.2 Å². The summed E-state index contributed by atoms with van der Waals surface area (Å²) in [6.45, 7) is 5.62. The Bertz CT molecular complexity index is 1160. The van der Waals surface area contributed by atoms with Crippen LogP contribution in [0, 0.1) is 24.2 Å². The first kappa shape index (κ1) is 23.8. The second-order valence-electron chi connectivity index (χ2n) is 11.0. The van der Waals surface area contributed by atoms with Gasteiger partial charge in [-0.05, 0) is 122 Å². The largest absolute Gasteiger partial charge is 0.496 e. The predicted molar refractivity (Wildman–Crippen MR) is 136 cm³/mol. The Morgan fingerprint density at radius 3 is 2.59 bits per heavy atom. The molecule has 0 saturated heterocycles. The quantitative estimate of drug-likeness (QED) is 0.625. The molecule has 5 atom stereocenters. The summed E-state index contributed by atoms with van der Waals surface area (Å²) in [6.07, 6.45) is 8.50. The maximum Gasteiger partial charge on any atom is 0.238 e. The van der Waals surface area contributed by atoms with Gasteiger partial charge in [0.15, 0.2) is 0 Å². The zero-order valence-corrected chi connectivity index (χ0v) is 21.5. The summed E-state index contributed by atoms with van der Waals surface area (Å²) in [5.41, 5.74) is 5.86. The van der Waals surface area contributed by atoms with Crippen molar-refractivity contribution in [2.75, 3.05) is 13.7 Å². The SMILES string of the molecule is COc1cc2c(cc1C)[C@H]1CC[C@]3(C)[C@@H](NCCc4ccc(S(N)(=O)=O)cc4)CC[C@H]3[C@@H]1CC2. The predicted octanol–water partition coefficient (Wildman–Crippen LogP) is 4.71. The van der Waals surface area contributed by atoms with Crippen molar-refractivity contribution in [3.05, 3.63) is 58.7 Å². The van der Waals surface area contributed by atoms with E-state index in [4.69, 9.17) is 9.88 Å². The van der Waals surface area contributed by atoms with Crippen LogP contribution in [0.1, 0.15) is 67.2 Å². The van der Waals surface area contributed by atoms with E-state index in [1.807, 2.05) is 12.1 Å². The van der Waals surface area contributed by atoms with E-state index in [0.717, 1.165) is 36.1 Å². The number of nitrogens with one attached hydrogen (secondary N) is 1. The fraction of sp³-hybridized carbons (Fsp3) is 0.571. The van der Waals surface area contributed by atoms with Crippen LogP contribution in [0.25, 0.3) is 0 Å². The maximum absolute atomic E-state index is 11.5. The van der Waals surface area contributed by atoms with E-state index in [1.54, 1.807) is 24.8 Å².